The Morgan fingerprint density at radius 1 is 1.17 bits per heavy atom. The molecule has 2 aliphatic rings. The predicted molar refractivity (Wildman–Crippen MR) is 90.9 cm³/mol. The molecule has 7 heteroatoms. The van der Waals surface area contributed by atoms with E-state index in [0.717, 1.165) is 44.9 Å². The molecule has 6 nitrogen and oxygen atoms in total. The molecule has 0 aliphatic carbocycles. The summed E-state index contributed by atoms with van der Waals surface area (Å²) in [5.41, 5.74) is 0.615. The smallest absolute Gasteiger partial charge is 0.251 e. The molecular formula is C16H24ClN3O3. The van der Waals surface area contributed by atoms with Crippen LogP contribution in [-0.2, 0) is 0 Å². The molecule has 0 spiro atoms. The molecule has 128 valence electrons. The zero-order valence-electron chi connectivity index (χ0n) is 13.2. The Morgan fingerprint density at radius 2 is 1.91 bits per heavy atom. The maximum absolute atomic E-state index is 12.2. The summed E-state index contributed by atoms with van der Waals surface area (Å²) in [4.78, 5) is 14.6. The monoisotopic (exact) mass is 341 g/mol. The number of benzene rings is 1. The largest absolute Gasteiger partial charge is 0.490 e. The number of ether oxygens (including phenoxy) is 2. The van der Waals surface area contributed by atoms with Gasteiger partial charge in [-0.2, -0.15) is 0 Å². The van der Waals surface area contributed by atoms with Crippen LogP contribution in [0.5, 0.6) is 11.5 Å². The van der Waals surface area contributed by atoms with Gasteiger partial charge < -0.3 is 20.1 Å². The predicted octanol–water partition coefficient (Wildman–Crippen LogP) is 0.905. The minimum absolute atomic E-state index is 0. The fourth-order valence-electron chi connectivity index (χ4n) is 2.67. The van der Waals surface area contributed by atoms with Crippen LogP contribution < -0.4 is 20.1 Å². The van der Waals surface area contributed by atoms with Gasteiger partial charge in [0, 0.05) is 51.3 Å². The third-order valence-electron chi connectivity index (χ3n) is 3.93. The molecule has 3 rings (SSSR count). The molecule has 1 saturated heterocycles. The van der Waals surface area contributed by atoms with Crippen LogP contribution in [0.1, 0.15) is 16.8 Å². The van der Waals surface area contributed by atoms with Crippen molar-refractivity contribution in [1.82, 2.24) is 15.5 Å². The second-order valence-electron chi connectivity index (χ2n) is 5.56. The summed E-state index contributed by atoms with van der Waals surface area (Å²) < 4.78 is 11.2. The van der Waals surface area contributed by atoms with Gasteiger partial charge in [-0.15, -0.1) is 12.4 Å². The third-order valence-corrected chi connectivity index (χ3v) is 3.93. The van der Waals surface area contributed by atoms with Crippen LogP contribution in [0.25, 0.3) is 0 Å². The van der Waals surface area contributed by atoms with Gasteiger partial charge in [0.15, 0.2) is 11.5 Å². The minimum Gasteiger partial charge on any atom is -0.490 e. The fourth-order valence-corrected chi connectivity index (χ4v) is 2.67. The van der Waals surface area contributed by atoms with E-state index in [1.54, 1.807) is 12.1 Å². The van der Waals surface area contributed by atoms with E-state index in [-0.39, 0.29) is 18.3 Å². The molecule has 1 aromatic carbocycles. The lowest BCUT2D eigenvalue weighted by atomic mass is 10.2. The fraction of sp³-hybridized carbons (Fsp3) is 0.562. The van der Waals surface area contributed by atoms with E-state index in [1.165, 1.54) is 0 Å². The van der Waals surface area contributed by atoms with E-state index in [1.807, 2.05) is 6.07 Å². The molecule has 2 N–H and O–H groups in total. The van der Waals surface area contributed by atoms with Crippen molar-refractivity contribution in [3.05, 3.63) is 23.8 Å². The van der Waals surface area contributed by atoms with Crippen LogP contribution in [0, 0.1) is 0 Å². The molecule has 0 saturated carbocycles. The van der Waals surface area contributed by atoms with Gasteiger partial charge in [0.05, 0.1) is 13.2 Å². The Kier molecular flexibility index (Phi) is 6.95. The van der Waals surface area contributed by atoms with Crippen LogP contribution in [0.15, 0.2) is 18.2 Å². The van der Waals surface area contributed by atoms with Crippen LogP contribution in [0.3, 0.4) is 0 Å². The highest BCUT2D eigenvalue weighted by atomic mass is 35.5. The first-order valence-corrected chi connectivity index (χ1v) is 7.94. The average Bonchev–Trinajstić information content (AvgIpc) is 2.80. The van der Waals surface area contributed by atoms with Crippen molar-refractivity contribution in [3.8, 4) is 11.5 Å². The standard InChI is InChI=1S/C16H23N3O3.ClH/c20-16(18-6-9-19-7-4-17-5-8-19)13-2-3-14-15(12-13)22-11-1-10-21-14;/h2-3,12,17H,1,4-11H2,(H,18,20);1H. The van der Waals surface area contributed by atoms with Crippen molar-refractivity contribution in [2.45, 2.75) is 6.42 Å². The zero-order valence-corrected chi connectivity index (χ0v) is 14.0. The summed E-state index contributed by atoms with van der Waals surface area (Å²) in [6.45, 7) is 6.96. The van der Waals surface area contributed by atoms with Crippen molar-refractivity contribution in [2.75, 3.05) is 52.5 Å². The first-order valence-electron chi connectivity index (χ1n) is 7.94. The normalized spacial score (nSPS) is 17.7. The maximum Gasteiger partial charge on any atom is 0.251 e. The summed E-state index contributed by atoms with van der Waals surface area (Å²) in [6, 6.07) is 5.36. The second-order valence-corrected chi connectivity index (χ2v) is 5.56. The number of halogens is 1. The molecule has 0 aromatic heterocycles. The molecule has 2 aliphatic heterocycles. The Hall–Kier alpha value is -1.50. The van der Waals surface area contributed by atoms with Crippen LogP contribution in [-0.4, -0.2) is 63.3 Å². The number of fused-ring (bicyclic) bond motifs is 1. The molecule has 1 aromatic rings. The Morgan fingerprint density at radius 3 is 2.70 bits per heavy atom. The summed E-state index contributed by atoms with van der Waals surface area (Å²) in [6.07, 6.45) is 0.862. The third kappa shape index (κ3) is 4.99. The van der Waals surface area contributed by atoms with E-state index >= 15 is 0 Å². The van der Waals surface area contributed by atoms with Crippen LogP contribution in [0.2, 0.25) is 0 Å². The van der Waals surface area contributed by atoms with Crippen molar-refractivity contribution in [2.24, 2.45) is 0 Å². The maximum atomic E-state index is 12.2. The topological polar surface area (TPSA) is 62.8 Å². The van der Waals surface area contributed by atoms with E-state index in [0.29, 0.717) is 31.1 Å². The number of nitrogens with one attached hydrogen (secondary N) is 2. The molecule has 0 radical (unpaired) electrons. The highest BCUT2D eigenvalue weighted by Gasteiger charge is 2.14. The summed E-state index contributed by atoms with van der Waals surface area (Å²) in [5, 5.41) is 6.29. The molecule has 0 unspecified atom stereocenters. The Labute approximate surface area is 142 Å². The van der Waals surface area contributed by atoms with E-state index in [9.17, 15) is 4.79 Å². The summed E-state index contributed by atoms with van der Waals surface area (Å²) in [7, 11) is 0. The molecule has 1 fully saturated rings. The number of nitrogens with zero attached hydrogens (tertiary/aromatic N) is 1. The molecule has 0 bridgehead atoms. The van der Waals surface area contributed by atoms with Gasteiger partial charge in [-0.05, 0) is 18.2 Å². The number of carbonyl (C=O) groups is 1. The quantitative estimate of drug-likeness (QED) is 0.852. The number of amides is 1. The van der Waals surface area contributed by atoms with Crippen molar-refractivity contribution >= 4 is 18.3 Å². The van der Waals surface area contributed by atoms with Crippen molar-refractivity contribution in [3.63, 3.8) is 0 Å². The van der Waals surface area contributed by atoms with Gasteiger partial charge in [0.1, 0.15) is 0 Å². The van der Waals surface area contributed by atoms with Gasteiger partial charge in [-0.1, -0.05) is 0 Å². The lowest BCUT2D eigenvalue weighted by Crippen LogP contribution is -2.46. The molecule has 2 heterocycles. The van der Waals surface area contributed by atoms with Gasteiger partial charge in [0.25, 0.3) is 5.91 Å². The molecule has 23 heavy (non-hydrogen) atoms. The van der Waals surface area contributed by atoms with Gasteiger partial charge in [-0.3, -0.25) is 9.69 Å². The van der Waals surface area contributed by atoms with E-state index < -0.39 is 0 Å². The first kappa shape index (κ1) is 17.8. The highest BCUT2D eigenvalue weighted by Crippen LogP contribution is 2.30. The van der Waals surface area contributed by atoms with E-state index in [2.05, 4.69) is 15.5 Å². The SMILES string of the molecule is Cl.O=C(NCCN1CCNCC1)c1ccc2c(c1)OCCCO2. The number of carbonyl (C=O) groups excluding carboxylic acids is 1. The summed E-state index contributed by atoms with van der Waals surface area (Å²) >= 11 is 0. The second kappa shape index (κ2) is 8.96. The van der Waals surface area contributed by atoms with Crippen molar-refractivity contribution < 1.29 is 14.3 Å². The highest BCUT2D eigenvalue weighted by molar-refractivity contribution is 5.94. The lowest BCUT2D eigenvalue weighted by molar-refractivity contribution is 0.0947. The number of hydrogen-bond donors (Lipinski definition) is 2. The Bertz CT molecular complexity index is 521. The number of hydrogen-bond acceptors (Lipinski definition) is 5. The molecule has 1 amide bonds. The van der Waals surface area contributed by atoms with Crippen LogP contribution in [0.4, 0.5) is 0 Å². The first-order chi connectivity index (χ1) is 10.8. The summed E-state index contributed by atoms with van der Waals surface area (Å²) in [5.74, 6) is 1.31. The average molecular weight is 342 g/mol. The van der Waals surface area contributed by atoms with Gasteiger partial charge in [-0.25, -0.2) is 0 Å². The van der Waals surface area contributed by atoms with Gasteiger partial charge >= 0.3 is 0 Å². The Balaban J connectivity index is 0.00000192. The van der Waals surface area contributed by atoms with E-state index in [4.69, 9.17) is 9.47 Å². The van der Waals surface area contributed by atoms with Gasteiger partial charge in [0.2, 0.25) is 0 Å². The van der Waals surface area contributed by atoms with Crippen molar-refractivity contribution in [1.29, 1.82) is 0 Å². The number of rotatable bonds is 4. The molecule has 0 atom stereocenters. The minimum atomic E-state index is -0.0641. The lowest BCUT2D eigenvalue weighted by Gasteiger charge is -2.27. The van der Waals surface area contributed by atoms with Crippen LogP contribution >= 0.6 is 12.4 Å². The molecular weight excluding hydrogens is 318 g/mol. The zero-order chi connectivity index (χ0) is 15.2. The number of piperazine rings is 1.